The van der Waals surface area contributed by atoms with Crippen molar-refractivity contribution in [3.8, 4) is 11.4 Å². The molecule has 36 heavy (non-hydrogen) atoms. The standard InChI is InChI=1S/C26H26ClN3O6/c1-3-26(35)15-6-19-23-13(8-30(19)24(33)14(15)10-36-25(26)34)22-17(28-20(32)9-31)5-4-12-11(2)16(27)7-18(29-23)21(12)22/h6-7,17,25,31,34-35H,3-5,8-10H2,1-2H3,(H,28,32)/t17?,25?,26-/m0/s1. The van der Waals surface area contributed by atoms with Gasteiger partial charge in [0.25, 0.3) is 5.56 Å². The summed E-state index contributed by atoms with van der Waals surface area (Å²) < 4.78 is 6.96. The number of aliphatic hydroxyl groups excluding tert-OH is 2. The number of fused-ring (bicyclic) bond motifs is 5. The van der Waals surface area contributed by atoms with Crippen LogP contribution in [0.5, 0.6) is 0 Å². The fourth-order valence-corrected chi connectivity index (χ4v) is 6.27. The molecule has 4 heterocycles. The minimum absolute atomic E-state index is 0.106. The number of amides is 1. The van der Waals surface area contributed by atoms with E-state index < -0.39 is 24.4 Å². The number of rotatable bonds is 3. The topological polar surface area (TPSA) is 134 Å². The fourth-order valence-electron chi connectivity index (χ4n) is 6.05. The van der Waals surface area contributed by atoms with E-state index in [1.54, 1.807) is 23.6 Å². The molecule has 6 rings (SSSR count). The summed E-state index contributed by atoms with van der Waals surface area (Å²) in [4.78, 5) is 30.7. The zero-order valence-electron chi connectivity index (χ0n) is 19.9. The maximum atomic E-state index is 13.6. The van der Waals surface area contributed by atoms with E-state index in [2.05, 4.69) is 5.32 Å². The van der Waals surface area contributed by atoms with Gasteiger partial charge in [0.05, 0.1) is 36.1 Å². The summed E-state index contributed by atoms with van der Waals surface area (Å²) >= 11 is 6.56. The number of aryl methyl sites for hydroxylation is 1. The molecule has 2 aliphatic heterocycles. The molecule has 0 fully saturated rings. The first-order valence-corrected chi connectivity index (χ1v) is 12.4. The first-order valence-electron chi connectivity index (χ1n) is 12.0. The Morgan fingerprint density at radius 1 is 1.33 bits per heavy atom. The van der Waals surface area contributed by atoms with Gasteiger partial charge in [0.2, 0.25) is 5.91 Å². The highest BCUT2D eigenvalue weighted by atomic mass is 35.5. The monoisotopic (exact) mass is 511 g/mol. The summed E-state index contributed by atoms with van der Waals surface area (Å²) in [5.41, 5.74) is 4.11. The number of carbonyl (C=O) groups excluding carboxylic acids is 1. The van der Waals surface area contributed by atoms with Gasteiger partial charge in [0.1, 0.15) is 12.2 Å². The zero-order chi connectivity index (χ0) is 25.5. The van der Waals surface area contributed by atoms with Crippen molar-refractivity contribution in [2.45, 2.75) is 64.2 Å². The average molecular weight is 512 g/mol. The smallest absolute Gasteiger partial charge is 0.257 e. The summed E-state index contributed by atoms with van der Waals surface area (Å²) in [6, 6.07) is 3.16. The lowest BCUT2D eigenvalue weighted by Crippen LogP contribution is -2.47. The van der Waals surface area contributed by atoms with Crippen LogP contribution in [0.3, 0.4) is 0 Å². The number of nitrogens with zero attached hydrogens (tertiary/aromatic N) is 2. The van der Waals surface area contributed by atoms with Crippen LogP contribution in [0.25, 0.3) is 22.3 Å². The Kier molecular flexibility index (Phi) is 5.30. The predicted octanol–water partition coefficient (Wildman–Crippen LogP) is 1.93. The summed E-state index contributed by atoms with van der Waals surface area (Å²) in [6.45, 7) is 3.20. The second-order valence-corrected chi connectivity index (χ2v) is 10.2. The number of benzene rings is 1. The molecule has 0 radical (unpaired) electrons. The molecule has 0 saturated heterocycles. The van der Waals surface area contributed by atoms with Crippen LogP contribution in [0.1, 0.15) is 59.2 Å². The SMILES string of the molecule is CC[C@]1(O)c2cc3n(c(=O)c2COC1O)Cc1c-3nc2cc(Cl)c(C)c3c2c1C(NC(=O)CO)CC3. The minimum Gasteiger partial charge on any atom is -0.387 e. The molecule has 1 amide bonds. The van der Waals surface area contributed by atoms with Gasteiger partial charge in [0, 0.05) is 27.1 Å². The molecule has 1 aromatic carbocycles. The average Bonchev–Trinajstić information content (AvgIpc) is 3.24. The molecule has 0 saturated carbocycles. The van der Waals surface area contributed by atoms with Crippen LogP contribution in [-0.4, -0.2) is 43.7 Å². The van der Waals surface area contributed by atoms with Crippen LogP contribution in [0.4, 0.5) is 0 Å². The largest absolute Gasteiger partial charge is 0.387 e. The van der Waals surface area contributed by atoms with Crippen molar-refractivity contribution in [2.24, 2.45) is 0 Å². The van der Waals surface area contributed by atoms with E-state index in [9.17, 15) is 24.9 Å². The molecular weight excluding hydrogens is 486 g/mol. The number of pyridine rings is 2. The Balaban J connectivity index is 1.66. The van der Waals surface area contributed by atoms with Gasteiger partial charge < -0.3 is 29.9 Å². The third kappa shape index (κ3) is 3.07. The van der Waals surface area contributed by atoms with Crippen molar-refractivity contribution in [1.82, 2.24) is 14.9 Å². The molecule has 0 bridgehead atoms. The van der Waals surface area contributed by atoms with Crippen molar-refractivity contribution < 1.29 is 24.9 Å². The van der Waals surface area contributed by atoms with E-state index in [1.165, 1.54) is 0 Å². The lowest BCUT2D eigenvalue weighted by atomic mass is 9.81. The molecule has 10 heteroatoms. The Bertz CT molecular complexity index is 1530. The van der Waals surface area contributed by atoms with Gasteiger partial charge in [-0.15, -0.1) is 0 Å². The van der Waals surface area contributed by atoms with Gasteiger partial charge >= 0.3 is 0 Å². The summed E-state index contributed by atoms with van der Waals surface area (Å²) in [5, 5.41) is 35.4. The second-order valence-electron chi connectivity index (χ2n) is 9.78. The molecule has 3 aliphatic rings. The van der Waals surface area contributed by atoms with Crippen LogP contribution < -0.4 is 10.9 Å². The van der Waals surface area contributed by atoms with Gasteiger partial charge in [-0.3, -0.25) is 9.59 Å². The zero-order valence-corrected chi connectivity index (χ0v) is 20.6. The van der Waals surface area contributed by atoms with Crippen molar-refractivity contribution in [3.63, 3.8) is 0 Å². The lowest BCUT2D eigenvalue weighted by molar-refractivity contribution is -0.236. The molecule has 0 spiro atoms. The van der Waals surface area contributed by atoms with Crippen molar-refractivity contribution in [3.05, 3.63) is 60.9 Å². The highest BCUT2D eigenvalue weighted by molar-refractivity contribution is 6.32. The predicted molar refractivity (Wildman–Crippen MR) is 132 cm³/mol. The lowest BCUT2D eigenvalue weighted by Gasteiger charge is -2.37. The van der Waals surface area contributed by atoms with Gasteiger partial charge in [-0.2, -0.15) is 0 Å². The van der Waals surface area contributed by atoms with Crippen LogP contribution in [-0.2, 0) is 34.7 Å². The number of nitrogens with one attached hydrogen (secondary N) is 1. The van der Waals surface area contributed by atoms with Crippen LogP contribution >= 0.6 is 11.6 Å². The quantitative estimate of drug-likeness (QED) is 0.330. The van der Waals surface area contributed by atoms with Gasteiger partial charge in [-0.25, -0.2) is 4.98 Å². The molecule has 1 aliphatic carbocycles. The summed E-state index contributed by atoms with van der Waals surface area (Å²) in [6.07, 6.45) is 0.00236. The van der Waals surface area contributed by atoms with Crippen molar-refractivity contribution >= 4 is 28.4 Å². The number of carbonyl (C=O) groups is 1. The van der Waals surface area contributed by atoms with E-state index >= 15 is 0 Å². The number of aromatic nitrogens is 2. The number of hydrogen-bond donors (Lipinski definition) is 4. The maximum absolute atomic E-state index is 13.6. The van der Waals surface area contributed by atoms with E-state index in [0.29, 0.717) is 45.9 Å². The molecule has 188 valence electrons. The minimum atomic E-state index is -1.72. The van der Waals surface area contributed by atoms with Crippen molar-refractivity contribution in [1.29, 1.82) is 0 Å². The summed E-state index contributed by atoms with van der Waals surface area (Å²) in [7, 11) is 0. The molecule has 4 N–H and O–H groups in total. The highest BCUT2D eigenvalue weighted by Crippen LogP contribution is 2.46. The normalized spacial score (nSPS) is 23.8. The van der Waals surface area contributed by atoms with Crippen LogP contribution in [0.2, 0.25) is 5.02 Å². The Morgan fingerprint density at radius 3 is 2.83 bits per heavy atom. The van der Waals surface area contributed by atoms with E-state index in [0.717, 1.165) is 27.6 Å². The third-order valence-electron chi connectivity index (χ3n) is 8.01. The number of hydrogen-bond acceptors (Lipinski definition) is 7. The molecule has 3 aromatic rings. The highest BCUT2D eigenvalue weighted by Gasteiger charge is 2.45. The van der Waals surface area contributed by atoms with Gasteiger partial charge in [0.15, 0.2) is 6.29 Å². The van der Waals surface area contributed by atoms with Gasteiger partial charge in [-0.1, -0.05) is 18.5 Å². The Labute approximate surface area is 211 Å². The number of ether oxygens (including phenoxy) is 1. The number of halogens is 1. The molecule has 2 unspecified atom stereocenters. The van der Waals surface area contributed by atoms with E-state index in [-0.39, 0.29) is 31.2 Å². The molecule has 3 atom stereocenters. The van der Waals surface area contributed by atoms with E-state index in [4.69, 9.17) is 21.3 Å². The first-order chi connectivity index (χ1) is 17.2. The van der Waals surface area contributed by atoms with E-state index in [1.807, 2.05) is 6.92 Å². The molecule has 9 nitrogen and oxygen atoms in total. The fraction of sp³-hybridized carbons (Fsp3) is 0.423. The Hall–Kier alpha value is -2.82. The number of aliphatic hydroxyl groups is 3. The van der Waals surface area contributed by atoms with Crippen LogP contribution in [0, 0.1) is 6.92 Å². The van der Waals surface area contributed by atoms with Crippen molar-refractivity contribution in [2.75, 3.05) is 6.61 Å². The van der Waals surface area contributed by atoms with Crippen LogP contribution in [0.15, 0.2) is 16.9 Å². The molecule has 2 aromatic heterocycles. The van der Waals surface area contributed by atoms with Gasteiger partial charge in [-0.05, 0) is 55.0 Å². The maximum Gasteiger partial charge on any atom is 0.257 e. The third-order valence-corrected chi connectivity index (χ3v) is 8.41. The Morgan fingerprint density at radius 2 is 2.11 bits per heavy atom. The second kappa shape index (κ2) is 8.09. The summed E-state index contributed by atoms with van der Waals surface area (Å²) in [5.74, 6) is -0.477. The molecular formula is C26H26ClN3O6. The first kappa shape index (κ1) is 23.6.